The summed E-state index contributed by atoms with van der Waals surface area (Å²) >= 11 is 0. The summed E-state index contributed by atoms with van der Waals surface area (Å²) in [5.74, 6) is 0.672. The van der Waals surface area contributed by atoms with Gasteiger partial charge >= 0.3 is 6.03 Å². The highest BCUT2D eigenvalue weighted by molar-refractivity contribution is 5.89. The summed E-state index contributed by atoms with van der Waals surface area (Å²) in [6, 6.07) is 13.5. The van der Waals surface area contributed by atoms with E-state index >= 15 is 0 Å². The lowest BCUT2D eigenvalue weighted by Crippen LogP contribution is -2.41. The number of nitrogens with zero attached hydrogens (tertiary/aromatic N) is 1. The van der Waals surface area contributed by atoms with E-state index in [4.69, 9.17) is 4.74 Å². The minimum absolute atomic E-state index is 0.145. The Hall–Kier alpha value is -2.56. The van der Waals surface area contributed by atoms with Crippen molar-refractivity contribution in [3.8, 4) is 5.88 Å². The number of urea groups is 1. The summed E-state index contributed by atoms with van der Waals surface area (Å²) < 4.78 is 5.88. The summed E-state index contributed by atoms with van der Waals surface area (Å²) in [5.41, 5.74) is 1.98. The van der Waals surface area contributed by atoms with Crippen LogP contribution in [-0.2, 0) is 0 Å². The Morgan fingerprint density at radius 3 is 2.50 bits per heavy atom. The highest BCUT2D eigenvalue weighted by atomic mass is 16.5. The fraction of sp³-hybridized carbons (Fsp3) is 0.368. The molecular formula is C19H23N3O2. The molecule has 0 atom stereocenters. The number of ether oxygens (including phenoxy) is 1. The van der Waals surface area contributed by atoms with Gasteiger partial charge in [0.25, 0.3) is 0 Å². The molecule has 2 aromatic rings. The molecule has 1 aromatic heterocycles. The van der Waals surface area contributed by atoms with Crippen molar-refractivity contribution in [1.82, 2.24) is 10.3 Å². The van der Waals surface area contributed by atoms with Crippen molar-refractivity contribution >= 4 is 11.7 Å². The van der Waals surface area contributed by atoms with Gasteiger partial charge in [-0.05, 0) is 50.8 Å². The number of benzene rings is 1. The van der Waals surface area contributed by atoms with Gasteiger partial charge in [0.05, 0.1) is 0 Å². The van der Waals surface area contributed by atoms with Crippen molar-refractivity contribution in [2.75, 3.05) is 5.32 Å². The van der Waals surface area contributed by atoms with Crippen molar-refractivity contribution in [3.63, 3.8) is 0 Å². The fourth-order valence-electron chi connectivity index (χ4n) is 2.90. The summed E-state index contributed by atoms with van der Waals surface area (Å²) in [5, 5.41) is 5.92. The number of pyridine rings is 1. The zero-order chi connectivity index (χ0) is 16.8. The first-order chi connectivity index (χ1) is 11.7. The van der Waals surface area contributed by atoms with E-state index in [2.05, 4.69) is 15.6 Å². The molecule has 126 valence electrons. The number of carbonyl (C=O) groups is 1. The molecule has 1 saturated carbocycles. The molecule has 0 unspecified atom stereocenters. The van der Waals surface area contributed by atoms with Gasteiger partial charge < -0.3 is 15.4 Å². The predicted octanol–water partition coefficient (Wildman–Crippen LogP) is 3.90. The van der Waals surface area contributed by atoms with E-state index in [1.807, 2.05) is 49.4 Å². The van der Waals surface area contributed by atoms with Crippen molar-refractivity contribution in [2.24, 2.45) is 0 Å². The molecule has 0 radical (unpaired) electrons. The molecule has 1 heterocycles. The molecule has 0 spiro atoms. The van der Waals surface area contributed by atoms with Crippen LogP contribution in [0.4, 0.5) is 10.5 Å². The molecule has 5 heteroatoms. The molecule has 1 fully saturated rings. The van der Waals surface area contributed by atoms with Crippen molar-refractivity contribution in [1.29, 1.82) is 0 Å². The van der Waals surface area contributed by atoms with Gasteiger partial charge in [0.2, 0.25) is 5.88 Å². The summed E-state index contributed by atoms with van der Waals surface area (Å²) in [4.78, 5) is 16.3. The second-order valence-electron chi connectivity index (χ2n) is 6.22. The second kappa shape index (κ2) is 7.81. The lowest BCUT2D eigenvalue weighted by atomic mass is 9.93. The minimum atomic E-state index is -0.145. The second-order valence-corrected chi connectivity index (χ2v) is 6.22. The normalized spacial score (nSPS) is 20.2. The molecule has 1 aliphatic carbocycles. The number of aryl methyl sites for hydroxylation is 1. The fourth-order valence-corrected chi connectivity index (χ4v) is 2.90. The van der Waals surface area contributed by atoms with Crippen molar-refractivity contribution in [2.45, 2.75) is 44.8 Å². The summed E-state index contributed by atoms with van der Waals surface area (Å²) in [6.07, 6.45) is 5.59. The number of carbonyl (C=O) groups excluding carboxylic acids is 1. The van der Waals surface area contributed by atoms with E-state index in [-0.39, 0.29) is 18.2 Å². The van der Waals surface area contributed by atoms with Crippen LogP contribution in [0.3, 0.4) is 0 Å². The van der Waals surface area contributed by atoms with E-state index in [1.54, 1.807) is 6.20 Å². The van der Waals surface area contributed by atoms with Crippen LogP contribution in [0.15, 0.2) is 48.7 Å². The molecule has 0 saturated heterocycles. The van der Waals surface area contributed by atoms with Crippen LogP contribution in [0.25, 0.3) is 0 Å². The molecule has 3 rings (SSSR count). The zero-order valence-electron chi connectivity index (χ0n) is 13.9. The van der Waals surface area contributed by atoms with Crippen LogP contribution in [-0.4, -0.2) is 23.2 Å². The first-order valence-corrected chi connectivity index (χ1v) is 8.41. The Morgan fingerprint density at radius 2 is 1.83 bits per heavy atom. The molecule has 1 aromatic carbocycles. The molecular weight excluding hydrogens is 302 g/mol. The quantitative estimate of drug-likeness (QED) is 0.896. The molecule has 2 amide bonds. The molecule has 1 aliphatic rings. The Bertz CT molecular complexity index is 650. The van der Waals surface area contributed by atoms with Gasteiger partial charge in [-0.2, -0.15) is 0 Å². The van der Waals surface area contributed by atoms with Gasteiger partial charge in [0.1, 0.15) is 6.10 Å². The number of hydrogen-bond donors (Lipinski definition) is 2. The monoisotopic (exact) mass is 325 g/mol. The predicted molar refractivity (Wildman–Crippen MR) is 94.2 cm³/mol. The van der Waals surface area contributed by atoms with E-state index in [0.717, 1.165) is 31.4 Å². The van der Waals surface area contributed by atoms with Crippen LogP contribution >= 0.6 is 0 Å². The Labute approximate surface area is 142 Å². The number of rotatable bonds is 4. The van der Waals surface area contributed by atoms with Crippen LogP contribution in [0.2, 0.25) is 0 Å². The van der Waals surface area contributed by atoms with Gasteiger partial charge in [-0.15, -0.1) is 0 Å². The lowest BCUT2D eigenvalue weighted by molar-refractivity contribution is 0.135. The third-order valence-electron chi connectivity index (χ3n) is 4.24. The lowest BCUT2D eigenvalue weighted by Gasteiger charge is -2.29. The minimum Gasteiger partial charge on any atom is -0.474 e. The van der Waals surface area contributed by atoms with E-state index in [0.29, 0.717) is 5.88 Å². The molecule has 0 aliphatic heterocycles. The van der Waals surface area contributed by atoms with Crippen molar-refractivity contribution in [3.05, 3.63) is 54.2 Å². The van der Waals surface area contributed by atoms with Crippen LogP contribution in [0.1, 0.15) is 31.2 Å². The highest BCUT2D eigenvalue weighted by Gasteiger charge is 2.23. The average Bonchev–Trinajstić information content (AvgIpc) is 2.60. The largest absolute Gasteiger partial charge is 0.474 e. The molecule has 2 N–H and O–H groups in total. The summed E-state index contributed by atoms with van der Waals surface area (Å²) in [7, 11) is 0. The van der Waals surface area contributed by atoms with Gasteiger partial charge in [-0.25, -0.2) is 9.78 Å². The standard InChI is InChI=1S/C19H23N3O2/c1-14-5-7-15(8-6-14)21-19(23)22-16-9-11-17(12-10-16)24-18-4-2-3-13-20-18/h2-8,13,16-17H,9-12H2,1H3,(H2,21,22,23). The SMILES string of the molecule is Cc1ccc(NC(=O)NC2CCC(Oc3ccccn3)CC2)cc1. The van der Waals surface area contributed by atoms with E-state index < -0.39 is 0 Å². The Morgan fingerprint density at radius 1 is 1.08 bits per heavy atom. The third kappa shape index (κ3) is 4.72. The van der Waals surface area contributed by atoms with E-state index in [1.165, 1.54) is 5.56 Å². The maximum absolute atomic E-state index is 12.1. The number of nitrogens with one attached hydrogen (secondary N) is 2. The average molecular weight is 325 g/mol. The first-order valence-electron chi connectivity index (χ1n) is 8.41. The topological polar surface area (TPSA) is 63.2 Å². The zero-order valence-corrected chi connectivity index (χ0v) is 13.9. The Kier molecular flexibility index (Phi) is 5.31. The smallest absolute Gasteiger partial charge is 0.319 e. The van der Waals surface area contributed by atoms with Gasteiger partial charge in [0, 0.05) is 24.0 Å². The van der Waals surface area contributed by atoms with Gasteiger partial charge in [0.15, 0.2) is 0 Å². The van der Waals surface area contributed by atoms with Crippen LogP contribution in [0.5, 0.6) is 5.88 Å². The van der Waals surface area contributed by atoms with Gasteiger partial charge in [-0.3, -0.25) is 0 Å². The molecule has 5 nitrogen and oxygen atoms in total. The first kappa shape index (κ1) is 16.3. The number of hydrogen-bond acceptors (Lipinski definition) is 3. The highest BCUT2D eigenvalue weighted by Crippen LogP contribution is 2.22. The Balaban J connectivity index is 1.41. The van der Waals surface area contributed by atoms with Crippen LogP contribution < -0.4 is 15.4 Å². The van der Waals surface area contributed by atoms with Crippen molar-refractivity contribution < 1.29 is 9.53 Å². The molecule has 0 bridgehead atoms. The maximum atomic E-state index is 12.1. The maximum Gasteiger partial charge on any atom is 0.319 e. The number of anilines is 1. The van der Waals surface area contributed by atoms with Crippen LogP contribution in [0, 0.1) is 6.92 Å². The molecule has 24 heavy (non-hydrogen) atoms. The van der Waals surface area contributed by atoms with E-state index in [9.17, 15) is 4.79 Å². The number of amides is 2. The number of aromatic nitrogens is 1. The third-order valence-corrected chi connectivity index (χ3v) is 4.24. The summed E-state index contributed by atoms with van der Waals surface area (Å²) in [6.45, 7) is 2.02. The van der Waals surface area contributed by atoms with Gasteiger partial charge in [-0.1, -0.05) is 23.8 Å².